The molecule has 1 unspecified atom stereocenters. The number of rotatable bonds is 1. The second-order valence-electron chi connectivity index (χ2n) is 3.13. The van der Waals surface area contributed by atoms with Crippen molar-refractivity contribution in [1.82, 2.24) is 0 Å². The predicted molar refractivity (Wildman–Crippen MR) is 39.8 cm³/mol. The summed E-state index contributed by atoms with van der Waals surface area (Å²) in [5.41, 5.74) is -1.25. The molecule has 0 aromatic rings. The van der Waals surface area contributed by atoms with Gasteiger partial charge in [0.15, 0.2) is 0 Å². The van der Waals surface area contributed by atoms with Crippen LogP contribution in [0.3, 0.4) is 0 Å². The van der Waals surface area contributed by atoms with E-state index in [9.17, 15) is 0 Å². The lowest BCUT2D eigenvalue weighted by Gasteiger charge is -2.49. The quantitative estimate of drug-likeness (QED) is 0.551. The minimum absolute atomic E-state index is 0.0494. The van der Waals surface area contributed by atoms with Gasteiger partial charge in [0.05, 0.1) is 31.8 Å². The van der Waals surface area contributed by atoms with Crippen LogP contribution in [0.4, 0.5) is 0 Å². The Balaban J connectivity index is 2.12. The highest BCUT2D eigenvalue weighted by atomic mass is 31.0. The zero-order chi connectivity index (χ0) is 7.95. The third-order valence-corrected chi connectivity index (χ3v) is 2.57. The van der Waals surface area contributed by atoms with Crippen LogP contribution >= 0.6 is 9.24 Å². The normalized spacial score (nSPS) is 49.6. The van der Waals surface area contributed by atoms with E-state index in [0.29, 0.717) is 19.8 Å². The van der Waals surface area contributed by atoms with Crippen LogP contribution in [0.15, 0.2) is 0 Å². The van der Waals surface area contributed by atoms with E-state index in [1.54, 1.807) is 0 Å². The van der Waals surface area contributed by atoms with E-state index in [4.69, 9.17) is 19.3 Å². The number of aliphatic hydroxyl groups excluding tert-OH is 1. The molecule has 5 heteroatoms. The summed E-state index contributed by atoms with van der Waals surface area (Å²) in [5, 5.41) is 9.00. The minimum Gasteiger partial charge on any atom is -0.396 e. The third kappa shape index (κ3) is 1.19. The Hall–Kier alpha value is 0.270. The van der Waals surface area contributed by atoms with Crippen LogP contribution < -0.4 is 0 Å². The zero-order valence-corrected chi connectivity index (χ0v) is 7.23. The molecule has 3 rings (SSSR count). The average Bonchev–Trinajstić information content (AvgIpc) is 2.07. The van der Waals surface area contributed by atoms with E-state index >= 15 is 0 Å². The molecule has 3 aliphatic rings. The molecule has 3 saturated heterocycles. The van der Waals surface area contributed by atoms with E-state index in [1.165, 1.54) is 0 Å². The molecular formula is C6H11O4P. The summed E-state index contributed by atoms with van der Waals surface area (Å²) in [4.78, 5) is 0. The van der Waals surface area contributed by atoms with E-state index < -0.39 is 5.71 Å². The summed E-state index contributed by atoms with van der Waals surface area (Å²) >= 11 is 0. The molecule has 64 valence electrons. The van der Waals surface area contributed by atoms with Crippen molar-refractivity contribution >= 4 is 9.24 Å². The summed E-state index contributed by atoms with van der Waals surface area (Å²) in [5.74, 6) is 0. The van der Waals surface area contributed by atoms with Crippen LogP contribution in [0, 0.1) is 5.41 Å². The average molecular weight is 178 g/mol. The highest BCUT2D eigenvalue weighted by Gasteiger charge is 2.49. The molecule has 0 saturated carbocycles. The van der Waals surface area contributed by atoms with E-state index in [2.05, 4.69) is 9.24 Å². The van der Waals surface area contributed by atoms with Gasteiger partial charge in [-0.1, -0.05) is 0 Å². The van der Waals surface area contributed by atoms with Crippen LogP contribution in [0.25, 0.3) is 0 Å². The molecule has 0 aliphatic carbocycles. The molecule has 11 heavy (non-hydrogen) atoms. The molecule has 0 radical (unpaired) electrons. The Labute approximate surface area is 67.0 Å². The molecule has 3 heterocycles. The van der Waals surface area contributed by atoms with E-state index in [0.717, 1.165) is 0 Å². The Morgan fingerprint density at radius 2 is 1.64 bits per heavy atom. The Morgan fingerprint density at radius 3 is 2.00 bits per heavy atom. The second-order valence-corrected chi connectivity index (χ2v) is 3.83. The fourth-order valence-electron chi connectivity index (χ4n) is 1.15. The fraction of sp³-hybridized carbons (Fsp3) is 1.00. The molecule has 1 N–H and O–H groups in total. The largest absolute Gasteiger partial charge is 0.396 e. The van der Waals surface area contributed by atoms with Crippen LogP contribution in [-0.4, -0.2) is 37.2 Å². The topological polar surface area (TPSA) is 47.9 Å². The van der Waals surface area contributed by atoms with Gasteiger partial charge in [-0.3, -0.25) is 0 Å². The zero-order valence-electron chi connectivity index (χ0n) is 6.08. The van der Waals surface area contributed by atoms with E-state index in [-0.39, 0.29) is 12.0 Å². The molecule has 1 atom stereocenters. The Morgan fingerprint density at radius 1 is 1.18 bits per heavy atom. The first-order chi connectivity index (χ1) is 5.18. The SMILES string of the molecule is OCC12COC(P)(OC1)OC2. The van der Waals surface area contributed by atoms with Gasteiger partial charge in [-0.05, 0) is 9.24 Å². The maximum atomic E-state index is 9.00. The van der Waals surface area contributed by atoms with E-state index in [1.807, 2.05) is 0 Å². The van der Waals surface area contributed by atoms with Crippen molar-refractivity contribution in [2.45, 2.75) is 5.71 Å². The van der Waals surface area contributed by atoms with Crippen LogP contribution in [-0.2, 0) is 14.2 Å². The lowest BCUT2D eigenvalue weighted by atomic mass is 9.91. The molecule has 3 aliphatic heterocycles. The molecular weight excluding hydrogens is 167 g/mol. The van der Waals surface area contributed by atoms with Gasteiger partial charge in [-0.2, -0.15) is 0 Å². The Bertz CT molecular complexity index is 147. The van der Waals surface area contributed by atoms with Gasteiger partial charge in [0.2, 0.25) is 0 Å². The van der Waals surface area contributed by atoms with Crippen molar-refractivity contribution in [2.75, 3.05) is 26.4 Å². The maximum absolute atomic E-state index is 9.00. The van der Waals surface area contributed by atoms with Crippen LogP contribution in [0.1, 0.15) is 0 Å². The number of aliphatic hydroxyl groups is 1. The predicted octanol–water partition coefficient (Wildman–Crippen LogP) is -0.472. The lowest BCUT2D eigenvalue weighted by molar-refractivity contribution is -0.422. The van der Waals surface area contributed by atoms with Crippen molar-refractivity contribution < 1.29 is 19.3 Å². The summed E-state index contributed by atoms with van der Waals surface area (Å²) in [6.45, 7) is 1.57. The van der Waals surface area contributed by atoms with Crippen molar-refractivity contribution in [3.63, 3.8) is 0 Å². The first-order valence-corrected chi connectivity index (χ1v) is 4.07. The number of fused-ring (bicyclic) bond motifs is 3. The number of hydrogen-bond donors (Lipinski definition) is 1. The summed E-state index contributed by atoms with van der Waals surface area (Å²) < 4.78 is 15.7. The lowest BCUT2D eigenvalue weighted by Crippen LogP contribution is -2.58. The van der Waals surface area contributed by atoms with Gasteiger partial charge in [0, 0.05) is 0 Å². The molecule has 0 aromatic carbocycles. The minimum atomic E-state index is -0.934. The Kier molecular flexibility index (Phi) is 1.71. The van der Waals surface area contributed by atoms with Crippen molar-refractivity contribution in [2.24, 2.45) is 5.41 Å². The van der Waals surface area contributed by atoms with Gasteiger partial charge in [0.1, 0.15) is 0 Å². The highest BCUT2D eigenvalue weighted by Crippen LogP contribution is 2.41. The molecule has 0 spiro atoms. The first kappa shape index (κ1) is 7.90. The summed E-state index contributed by atoms with van der Waals surface area (Å²) in [7, 11) is 2.36. The van der Waals surface area contributed by atoms with Crippen molar-refractivity contribution in [3.8, 4) is 0 Å². The fourth-order valence-corrected chi connectivity index (χ4v) is 1.40. The van der Waals surface area contributed by atoms with Gasteiger partial charge in [-0.25, -0.2) is 0 Å². The highest BCUT2D eigenvalue weighted by molar-refractivity contribution is 7.17. The van der Waals surface area contributed by atoms with Gasteiger partial charge >= 0.3 is 0 Å². The first-order valence-electron chi connectivity index (χ1n) is 3.50. The van der Waals surface area contributed by atoms with Gasteiger partial charge in [-0.15, -0.1) is 0 Å². The smallest absolute Gasteiger partial charge is 0.295 e. The number of ether oxygens (including phenoxy) is 3. The molecule has 4 nitrogen and oxygen atoms in total. The molecule has 3 fully saturated rings. The molecule has 0 amide bonds. The second kappa shape index (κ2) is 2.38. The maximum Gasteiger partial charge on any atom is 0.295 e. The van der Waals surface area contributed by atoms with Crippen molar-refractivity contribution in [1.29, 1.82) is 0 Å². The van der Waals surface area contributed by atoms with Crippen molar-refractivity contribution in [3.05, 3.63) is 0 Å². The van der Waals surface area contributed by atoms with Gasteiger partial charge < -0.3 is 19.3 Å². The number of hydrogen-bond acceptors (Lipinski definition) is 4. The van der Waals surface area contributed by atoms with Gasteiger partial charge in [0.25, 0.3) is 5.71 Å². The monoisotopic (exact) mass is 178 g/mol. The molecule has 0 aromatic heterocycles. The summed E-state index contributed by atoms with van der Waals surface area (Å²) in [6, 6.07) is 0. The van der Waals surface area contributed by atoms with Crippen LogP contribution in [0.5, 0.6) is 0 Å². The third-order valence-electron chi connectivity index (χ3n) is 2.07. The summed E-state index contributed by atoms with van der Waals surface area (Å²) in [6.07, 6.45) is 0. The van der Waals surface area contributed by atoms with Crippen LogP contribution in [0.2, 0.25) is 0 Å². The molecule has 2 bridgehead atoms. The standard InChI is InChI=1S/C6H11O4P/c7-1-5-2-8-6(11,9-3-5)10-4-5/h7H,1-4,11H2.